The number of sulfonamides is 1. The van der Waals surface area contributed by atoms with Gasteiger partial charge in [0.05, 0.1) is 18.6 Å². The van der Waals surface area contributed by atoms with Gasteiger partial charge in [-0.2, -0.15) is 4.31 Å². The van der Waals surface area contributed by atoms with Gasteiger partial charge in [0.1, 0.15) is 11.5 Å². The Bertz CT molecular complexity index is 1040. The van der Waals surface area contributed by atoms with Gasteiger partial charge in [-0.15, -0.1) is 0 Å². The monoisotopic (exact) mass is 444 g/mol. The Morgan fingerprint density at radius 3 is 2.35 bits per heavy atom. The van der Waals surface area contributed by atoms with Crippen LogP contribution in [0.15, 0.2) is 53.4 Å². The van der Waals surface area contributed by atoms with Gasteiger partial charge in [-0.05, 0) is 56.3 Å². The van der Waals surface area contributed by atoms with Gasteiger partial charge in [0, 0.05) is 37.8 Å². The maximum Gasteiger partial charge on any atom is 0.246 e. The van der Waals surface area contributed by atoms with E-state index in [0.717, 1.165) is 11.1 Å². The summed E-state index contributed by atoms with van der Waals surface area (Å²) in [6.45, 7) is 5.55. The van der Waals surface area contributed by atoms with Crippen molar-refractivity contribution in [3.63, 3.8) is 0 Å². The molecule has 0 saturated carbocycles. The van der Waals surface area contributed by atoms with Crippen LogP contribution in [0.4, 0.5) is 0 Å². The largest absolute Gasteiger partial charge is 0.496 e. The van der Waals surface area contributed by atoms with E-state index in [2.05, 4.69) is 0 Å². The average molecular weight is 445 g/mol. The lowest BCUT2D eigenvalue weighted by Crippen LogP contribution is -2.50. The molecule has 0 bridgehead atoms. The van der Waals surface area contributed by atoms with Crippen LogP contribution in [0, 0.1) is 6.92 Å². The van der Waals surface area contributed by atoms with E-state index in [1.54, 1.807) is 42.4 Å². The van der Waals surface area contributed by atoms with Crippen molar-refractivity contribution in [1.82, 2.24) is 9.21 Å². The van der Waals surface area contributed by atoms with E-state index >= 15 is 0 Å². The molecule has 1 saturated heterocycles. The highest BCUT2D eigenvalue weighted by Gasteiger charge is 2.29. The first-order valence-corrected chi connectivity index (χ1v) is 11.6. The van der Waals surface area contributed by atoms with E-state index in [9.17, 15) is 13.2 Å². The number of carbonyl (C=O) groups excluding carboxylic acids is 1. The highest BCUT2D eigenvalue weighted by molar-refractivity contribution is 7.89. The molecule has 31 heavy (non-hydrogen) atoms. The van der Waals surface area contributed by atoms with Gasteiger partial charge >= 0.3 is 0 Å². The number of benzene rings is 2. The van der Waals surface area contributed by atoms with Crippen LogP contribution in [0.5, 0.6) is 11.5 Å². The normalized spacial score (nSPS) is 15.3. The predicted octanol–water partition coefficient (Wildman–Crippen LogP) is 2.95. The molecule has 1 heterocycles. The van der Waals surface area contributed by atoms with Crippen LogP contribution in [-0.4, -0.2) is 63.4 Å². The Morgan fingerprint density at radius 1 is 1.06 bits per heavy atom. The zero-order valence-electron chi connectivity index (χ0n) is 18.1. The molecule has 1 aliphatic heterocycles. The standard InChI is InChI=1S/C23H28N2O5S/c1-4-30-20-7-9-21(10-8-20)31(27,28)25-15-13-24(14-16-25)23(26)12-6-19-17-18(2)5-11-22(19)29-3/h5-12,17H,4,13-16H2,1-3H3/b12-6+. The summed E-state index contributed by atoms with van der Waals surface area (Å²) in [5.41, 5.74) is 1.90. The summed E-state index contributed by atoms with van der Waals surface area (Å²) in [4.78, 5) is 14.5. The molecular formula is C23H28N2O5S. The number of hydrogen-bond acceptors (Lipinski definition) is 5. The van der Waals surface area contributed by atoms with Crippen molar-refractivity contribution < 1.29 is 22.7 Å². The summed E-state index contributed by atoms with van der Waals surface area (Å²) >= 11 is 0. The molecule has 0 atom stereocenters. The summed E-state index contributed by atoms with van der Waals surface area (Å²) < 4.78 is 37.9. The lowest BCUT2D eigenvalue weighted by Gasteiger charge is -2.33. The fraction of sp³-hybridized carbons (Fsp3) is 0.348. The predicted molar refractivity (Wildman–Crippen MR) is 120 cm³/mol. The molecule has 0 unspecified atom stereocenters. The number of aryl methyl sites for hydroxylation is 1. The van der Waals surface area contributed by atoms with Crippen LogP contribution in [0.1, 0.15) is 18.1 Å². The lowest BCUT2D eigenvalue weighted by atomic mass is 10.1. The molecule has 166 valence electrons. The third-order valence-electron chi connectivity index (χ3n) is 5.11. The van der Waals surface area contributed by atoms with Crippen LogP contribution in [-0.2, 0) is 14.8 Å². The number of piperazine rings is 1. The van der Waals surface area contributed by atoms with Crippen molar-refractivity contribution in [2.75, 3.05) is 39.9 Å². The fourth-order valence-corrected chi connectivity index (χ4v) is 4.85. The number of ether oxygens (including phenoxy) is 2. The molecule has 1 amide bonds. The quantitative estimate of drug-likeness (QED) is 0.614. The third-order valence-corrected chi connectivity index (χ3v) is 7.03. The lowest BCUT2D eigenvalue weighted by molar-refractivity contribution is -0.127. The Morgan fingerprint density at radius 2 is 1.74 bits per heavy atom. The van der Waals surface area contributed by atoms with Crippen molar-refractivity contribution in [1.29, 1.82) is 0 Å². The van der Waals surface area contributed by atoms with Crippen molar-refractivity contribution in [3.8, 4) is 11.5 Å². The van der Waals surface area contributed by atoms with E-state index in [1.807, 2.05) is 32.0 Å². The van der Waals surface area contributed by atoms with Gasteiger partial charge in [0.25, 0.3) is 0 Å². The van der Waals surface area contributed by atoms with Crippen LogP contribution >= 0.6 is 0 Å². The first kappa shape index (κ1) is 22.8. The SMILES string of the molecule is CCOc1ccc(S(=O)(=O)N2CCN(C(=O)/C=C/c3cc(C)ccc3OC)CC2)cc1. The van der Waals surface area contributed by atoms with Crippen LogP contribution < -0.4 is 9.47 Å². The minimum atomic E-state index is -3.61. The molecule has 0 radical (unpaired) electrons. The minimum absolute atomic E-state index is 0.151. The molecule has 0 spiro atoms. The zero-order chi connectivity index (χ0) is 22.4. The molecule has 8 heteroatoms. The van der Waals surface area contributed by atoms with Crippen LogP contribution in [0.25, 0.3) is 6.08 Å². The summed E-state index contributed by atoms with van der Waals surface area (Å²) in [6.07, 6.45) is 3.24. The summed E-state index contributed by atoms with van der Waals surface area (Å²) in [5.74, 6) is 1.18. The second-order valence-electron chi connectivity index (χ2n) is 7.21. The van der Waals surface area contributed by atoms with E-state index in [0.29, 0.717) is 31.2 Å². The summed E-state index contributed by atoms with van der Waals surface area (Å²) in [6, 6.07) is 12.2. The zero-order valence-corrected chi connectivity index (χ0v) is 18.9. The topological polar surface area (TPSA) is 76.2 Å². The maximum atomic E-state index is 12.9. The third kappa shape index (κ3) is 5.45. The van der Waals surface area contributed by atoms with Crippen molar-refractivity contribution in [2.45, 2.75) is 18.7 Å². The minimum Gasteiger partial charge on any atom is -0.496 e. The van der Waals surface area contributed by atoms with E-state index in [4.69, 9.17) is 9.47 Å². The molecule has 1 fully saturated rings. The number of methoxy groups -OCH3 is 1. The fourth-order valence-electron chi connectivity index (χ4n) is 3.42. The molecule has 0 N–H and O–H groups in total. The summed E-state index contributed by atoms with van der Waals surface area (Å²) in [5, 5.41) is 0. The van der Waals surface area contributed by atoms with Gasteiger partial charge in [0.15, 0.2) is 0 Å². The van der Waals surface area contributed by atoms with E-state index in [-0.39, 0.29) is 23.9 Å². The smallest absolute Gasteiger partial charge is 0.246 e. The maximum absolute atomic E-state index is 12.9. The van der Waals surface area contributed by atoms with Gasteiger partial charge in [0.2, 0.25) is 15.9 Å². The number of nitrogens with zero attached hydrogens (tertiary/aromatic N) is 2. The second-order valence-corrected chi connectivity index (χ2v) is 9.15. The summed E-state index contributed by atoms with van der Waals surface area (Å²) in [7, 11) is -2.02. The highest BCUT2D eigenvalue weighted by Crippen LogP contribution is 2.22. The molecule has 2 aromatic carbocycles. The first-order chi connectivity index (χ1) is 14.8. The van der Waals surface area contributed by atoms with E-state index in [1.165, 1.54) is 10.4 Å². The van der Waals surface area contributed by atoms with Gasteiger partial charge < -0.3 is 14.4 Å². The number of amides is 1. The molecule has 1 aliphatic rings. The van der Waals surface area contributed by atoms with Gasteiger partial charge in [-0.3, -0.25) is 4.79 Å². The Labute approximate surface area is 183 Å². The molecule has 7 nitrogen and oxygen atoms in total. The Hall–Kier alpha value is -2.84. The van der Waals surface area contributed by atoms with Crippen molar-refractivity contribution in [3.05, 3.63) is 59.7 Å². The average Bonchev–Trinajstić information content (AvgIpc) is 2.78. The molecule has 0 aliphatic carbocycles. The van der Waals surface area contributed by atoms with E-state index < -0.39 is 10.0 Å². The molecule has 3 rings (SSSR count). The highest BCUT2D eigenvalue weighted by atomic mass is 32.2. The Balaban J connectivity index is 1.62. The van der Waals surface area contributed by atoms with Crippen LogP contribution in [0.3, 0.4) is 0 Å². The Kier molecular flexibility index (Phi) is 7.35. The van der Waals surface area contributed by atoms with Crippen molar-refractivity contribution >= 4 is 22.0 Å². The molecule has 2 aromatic rings. The van der Waals surface area contributed by atoms with Crippen molar-refractivity contribution in [2.24, 2.45) is 0 Å². The van der Waals surface area contributed by atoms with Gasteiger partial charge in [-0.25, -0.2) is 8.42 Å². The number of carbonyl (C=O) groups is 1. The van der Waals surface area contributed by atoms with Gasteiger partial charge in [-0.1, -0.05) is 11.6 Å². The molecular weight excluding hydrogens is 416 g/mol. The number of rotatable bonds is 7. The molecule has 0 aromatic heterocycles. The first-order valence-electron chi connectivity index (χ1n) is 10.2. The van der Waals surface area contributed by atoms with Crippen LogP contribution in [0.2, 0.25) is 0 Å². The number of hydrogen-bond donors (Lipinski definition) is 0. The second kappa shape index (κ2) is 9.98.